The molecule has 0 saturated heterocycles. The number of likely N-dealkylation sites (N-methyl/N-ethyl adjacent to an activating group) is 2. The van der Waals surface area contributed by atoms with Crippen LogP contribution in [0.5, 0.6) is 0 Å². The van der Waals surface area contributed by atoms with Crippen molar-refractivity contribution < 1.29 is 14.7 Å². The summed E-state index contributed by atoms with van der Waals surface area (Å²) in [6.07, 6.45) is 0. The first-order valence-corrected chi connectivity index (χ1v) is 6.22. The fourth-order valence-electron chi connectivity index (χ4n) is 1.63. The van der Waals surface area contributed by atoms with Crippen LogP contribution >= 0.6 is 11.6 Å². The van der Waals surface area contributed by atoms with Gasteiger partial charge >= 0.3 is 5.97 Å². The van der Waals surface area contributed by atoms with Crippen LogP contribution in [0, 0.1) is 0 Å². The van der Waals surface area contributed by atoms with Crippen molar-refractivity contribution in [3.05, 3.63) is 28.8 Å². The number of rotatable bonds is 5. The lowest BCUT2D eigenvalue weighted by molar-refractivity contribution is -0.127. The molecule has 6 heteroatoms. The topological polar surface area (TPSA) is 60.9 Å². The average Bonchev–Trinajstić information content (AvgIpc) is 2.35. The number of hydrogen-bond donors (Lipinski definition) is 1. The fraction of sp³-hybridized carbons (Fsp3) is 0.385. The van der Waals surface area contributed by atoms with Crippen LogP contribution in [0.15, 0.2) is 18.2 Å². The summed E-state index contributed by atoms with van der Waals surface area (Å²) in [6, 6.07) is 4.63. The van der Waals surface area contributed by atoms with Crippen LogP contribution in [0.3, 0.4) is 0 Å². The molecule has 1 N–H and O–H groups in total. The highest BCUT2D eigenvalue weighted by molar-refractivity contribution is 6.31. The van der Waals surface area contributed by atoms with Gasteiger partial charge in [-0.1, -0.05) is 11.6 Å². The van der Waals surface area contributed by atoms with Crippen molar-refractivity contribution in [2.75, 3.05) is 32.1 Å². The molecular weight excluding hydrogens is 268 g/mol. The molecule has 0 aliphatic rings. The molecule has 0 radical (unpaired) electrons. The number of amides is 1. The highest BCUT2D eigenvalue weighted by atomic mass is 35.5. The van der Waals surface area contributed by atoms with E-state index in [2.05, 4.69) is 0 Å². The van der Waals surface area contributed by atoms with E-state index in [-0.39, 0.29) is 18.0 Å². The molecule has 1 amide bonds. The summed E-state index contributed by atoms with van der Waals surface area (Å²) in [5.74, 6) is -1.15. The van der Waals surface area contributed by atoms with E-state index in [0.29, 0.717) is 17.3 Å². The molecule has 0 aliphatic heterocycles. The Morgan fingerprint density at radius 3 is 2.42 bits per heavy atom. The second-order valence-corrected chi connectivity index (χ2v) is 4.71. The van der Waals surface area contributed by atoms with Crippen LogP contribution in [-0.2, 0) is 4.79 Å². The third kappa shape index (κ3) is 3.86. The molecule has 19 heavy (non-hydrogen) atoms. The van der Waals surface area contributed by atoms with Crippen molar-refractivity contribution in [2.45, 2.75) is 6.92 Å². The number of carboxylic acids is 1. The van der Waals surface area contributed by atoms with Gasteiger partial charge in [0.2, 0.25) is 5.91 Å². The average molecular weight is 285 g/mol. The van der Waals surface area contributed by atoms with Gasteiger partial charge in [0, 0.05) is 25.7 Å². The van der Waals surface area contributed by atoms with Crippen molar-refractivity contribution in [1.29, 1.82) is 0 Å². The van der Waals surface area contributed by atoms with Gasteiger partial charge in [-0.25, -0.2) is 4.79 Å². The highest BCUT2D eigenvalue weighted by Crippen LogP contribution is 2.24. The lowest BCUT2D eigenvalue weighted by atomic mass is 10.1. The number of nitrogens with zero attached hydrogens (tertiary/aromatic N) is 2. The van der Waals surface area contributed by atoms with E-state index >= 15 is 0 Å². The van der Waals surface area contributed by atoms with E-state index in [1.165, 1.54) is 11.0 Å². The predicted octanol–water partition coefficient (Wildman–Crippen LogP) is 1.95. The van der Waals surface area contributed by atoms with Crippen LogP contribution < -0.4 is 4.90 Å². The molecule has 0 unspecified atom stereocenters. The number of benzene rings is 1. The Labute approximate surface area is 117 Å². The minimum atomic E-state index is -1.06. The van der Waals surface area contributed by atoms with Crippen molar-refractivity contribution >= 4 is 29.2 Å². The zero-order valence-corrected chi connectivity index (χ0v) is 11.9. The van der Waals surface area contributed by atoms with Gasteiger partial charge < -0.3 is 14.9 Å². The van der Waals surface area contributed by atoms with Gasteiger partial charge in [-0.3, -0.25) is 4.79 Å². The SMILES string of the molecule is CCN(CC(=O)N(C)C)c1ccc(Cl)cc1C(=O)O. The summed E-state index contributed by atoms with van der Waals surface area (Å²) in [6.45, 7) is 2.52. The zero-order valence-electron chi connectivity index (χ0n) is 11.2. The first-order valence-electron chi connectivity index (χ1n) is 5.84. The molecular formula is C13H17ClN2O3. The van der Waals surface area contributed by atoms with Crippen LogP contribution in [-0.4, -0.2) is 49.1 Å². The normalized spacial score (nSPS) is 10.1. The summed E-state index contributed by atoms with van der Waals surface area (Å²) in [4.78, 5) is 26.2. The summed E-state index contributed by atoms with van der Waals surface area (Å²) < 4.78 is 0. The molecule has 1 aromatic rings. The maximum absolute atomic E-state index is 11.7. The van der Waals surface area contributed by atoms with Gasteiger partial charge in [-0.05, 0) is 25.1 Å². The Bertz CT molecular complexity index is 489. The van der Waals surface area contributed by atoms with Crippen molar-refractivity contribution in [2.24, 2.45) is 0 Å². The quantitative estimate of drug-likeness (QED) is 0.898. The molecule has 0 heterocycles. The number of halogens is 1. The third-order valence-electron chi connectivity index (χ3n) is 2.74. The van der Waals surface area contributed by atoms with E-state index in [1.54, 1.807) is 31.1 Å². The van der Waals surface area contributed by atoms with Gasteiger partial charge in [-0.15, -0.1) is 0 Å². The molecule has 0 spiro atoms. The zero-order chi connectivity index (χ0) is 14.6. The predicted molar refractivity (Wildman–Crippen MR) is 75.0 cm³/mol. The third-order valence-corrected chi connectivity index (χ3v) is 2.97. The van der Waals surface area contributed by atoms with Gasteiger partial charge in [0.25, 0.3) is 0 Å². The number of carboxylic acid groups (broad SMARTS) is 1. The molecule has 1 aromatic carbocycles. The minimum absolute atomic E-state index is 0.0897. The van der Waals surface area contributed by atoms with Crippen LogP contribution in [0.1, 0.15) is 17.3 Å². The molecule has 0 atom stereocenters. The van der Waals surface area contributed by atoms with E-state index in [4.69, 9.17) is 11.6 Å². The molecule has 0 saturated carbocycles. The van der Waals surface area contributed by atoms with E-state index in [9.17, 15) is 14.7 Å². The van der Waals surface area contributed by atoms with Gasteiger partial charge in [0.05, 0.1) is 17.8 Å². The largest absolute Gasteiger partial charge is 0.478 e. The Morgan fingerprint density at radius 1 is 1.32 bits per heavy atom. The first-order chi connectivity index (χ1) is 8.86. The van der Waals surface area contributed by atoms with Gasteiger partial charge in [-0.2, -0.15) is 0 Å². The van der Waals surface area contributed by atoms with Crippen molar-refractivity contribution in [1.82, 2.24) is 4.90 Å². The highest BCUT2D eigenvalue weighted by Gasteiger charge is 2.18. The van der Waals surface area contributed by atoms with Crippen LogP contribution in [0.4, 0.5) is 5.69 Å². The Kier molecular flexibility index (Phi) is 5.18. The molecule has 0 fully saturated rings. The summed E-state index contributed by atoms with van der Waals surface area (Å²) >= 11 is 5.81. The number of hydrogen-bond acceptors (Lipinski definition) is 3. The van der Waals surface area contributed by atoms with Crippen molar-refractivity contribution in [3.63, 3.8) is 0 Å². The summed E-state index contributed by atoms with van der Waals surface area (Å²) in [7, 11) is 3.33. The number of anilines is 1. The molecule has 104 valence electrons. The lowest BCUT2D eigenvalue weighted by Crippen LogP contribution is -2.37. The second-order valence-electron chi connectivity index (χ2n) is 4.27. The van der Waals surface area contributed by atoms with E-state index < -0.39 is 5.97 Å². The fourth-order valence-corrected chi connectivity index (χ4v) is 1.80. The lowest BCUT2D eigenvalue weighted by Gasteiger charge is -2.25. The van der Waals surface area contributed by atoms with Crippen LogP contribution in [0.25, 0.3) is 0 Å². The molecule has 0 bridgehead atoms. The summed E-state index contributed by atoms with van der Waals surface area (Å²) in [5.41, 5.74) is 0.593. The molecule has 0 aromatic heterocycles. The van der Waals surface area contributed by atoms with Gasteiger partial charge in [0.15, 0.2) is 0 Å². The van der Waals surface area contributed by atoms with Gasteiger partial charge in [0.1, 0.15) is 0 Å². The maximum atomic E-state index is 11.7. The second kappa shape index (κ2) is 6.43. The monoisotopic (exact) mass is 284 g/mol. The summed E-state index contributed by atoms with van der Waals surface area (Å²) in [5, 5.41) is 9.55. The molecule has 5 nitrogen and oxygen atoms in total. The van der Waals surface area contributed by atoms with Crippen molar-refractivity contribution in [3.8, 4) is 0 Å². The smallest absolute Gasteiger partial charge is 0.337 e. The standard InChI is InChI=1S/C13H17ClN2O3/c1-4-16(8-12(17)15(2)3)11-6-5-9(14)7-10(11)13(18)19/h5-7H,4,8H2,1-3H3,(H,18,19). The van der Waals surface area contributed by atoms with E-state index in [0.717, 1.165) is 0 Å². The molecule has 1 rings (SSSR count). The Balaban J connectivity index is 3.11. The maximum Gasteiger partial charge on any atom is 0.337 e. The van der Waals surface area contributed by atoms with E-state index in [1.807, 2.05) is 6.92 Å². The first kappa shape index (κ1) is 15.3. The Hall–Kier alpha value is -1.75. The number of carbonyl (C=O) groups excluding carboxylic acids is 1. The number of aromatic carboxylic acids is 1. The number of carbonyl (C=O) groups is 2. The Morgan fingerprint density at radius 2 is 1.95 bits per heavy atom. The van der Waals surface area contributed by atoms with Crippen LogP contribution in [0.2, 0.25) is 5.02 Å². The molecule has 0 aliphatic carbocycles. The minimum Gasteiger partial charge on any atom is -0.478 e.